The number of amidine groups is 1. The maximum atomic E-state index is 12.7. The lowest BCUT2D eigenvalue weighted by molar-refractivity contribution is 0.102. The first kappa shape index (κ1) is 13.5. The zero-order valence-corrected chi connectivity index (χ0v) is 10.2. The number of benzene rings is 1. The Balaban J connectivity index is 2.17. The third-order valence-corrected chi connectivity index (χ3v) is 2.48. The van der Waals surface area contributed by atoms with Gasteiger partial charge in [-0.3, -0.25) is 4.79 Å². The summed E-state index contributed by atoms with van der Waals surface area (Å²) in [5.74, 6) is -1.07. The first-order valence-electron chi connectivity index (χ1n) is 5.61. The van der Waals surface area contributed by atoms with Crippen molar-refractivity contribution >= 4 is 17.4 Å². The quantitative estimate of drug-likeness (QED) is 0.342. The summed E-state index contributed by atoms with van der Waals surface area (Å²) < 4.78 is 12.7. The van der Waals surface area contributed by atoms with E-state index >= 15 is 0 Å². The molecular weight excluding hydrogens is 263 g/mol. The summed E-state index contributed by atoms with van der Waals surface area (Å²) >= 11 is 0. The Bertz CT molecular complexity index is 656. The lowest BCUT2D eigenvalue weighted by atomic mass is 10.2. The molecular formula is C13H11FN4O2. The van der Waals surface area contributed by atoms with E-state index in [4.69, 9.17) is 10.9 Å². The highest BCUT2D eigenvalue weighted by Crippen LogP contribution is 2.12. The molecule has 0 aliphatic carbocycles. The molecule has 1 aromatic carbocycles. The lowest BCUT2D eigenvalue weighted by Gasteiger charge is -2.06. The first-order chi connectivity index (χ1) is 9.60. The van der Waals surface area contributed by atoms with E-state index in [9.17, 15) is 9.18 Å². The highest BCUT2D eigenvalue weighted by atomic mass is 19.1. The largest absolute Gasteiger partial charge is 0.409 e. The van der Waals surface area contributed by atoms with Crippen molar-refractivity contribution in [1.82, 2.24) is 4.98 Å². The molecule has 4 N–H and O–H groups in total. The minimum Gasteiger partial charge on any atom is -0.409 e. The number of anilines is 1. The van der Waals surface area contributed by atoms with Crippen LogP contribution in [0.3, 0.4) is 0 Å². The van der Waals surface area contributed by atoms with Gasteiger partial charge in [-0.25, -0.2) is 9.37 Å². The van der Waals surface area contributed by atoms with Gasteiger partial charge in [-0.1, -0.05) is 17.3 Å². The molecule has 2 rings (SSSR count). The number of aromatic nitrogens is 1. The molecule has 0 saturated heterocycles. The zero-order chi connectivity index (χ0) is 14.5. The standard InChI is InChI=1S/C13H11FN4O2/c14-9-4-5-11(16-7-9)13(19)17-10-3-1-2-8(6-10)12(15)18-20/h1-7,20H,(H2,15,18)(H,17,19). The van der Waals surface area contributed by atoms with E-state index in [0.717, 1.165) is 12.3 Å². The summed E-state index contributed by atoms with van der Waals surface area (Å²) in [5, 5.41) is 14.1. The van der Waals surface area contributed by atoms with Gasteiger partial charge in [-0.15, -0.1) is 0 Å². The molecule has 20 heavy (non-hydrogen) atoms. The van der Waals surface area contributed by atoms with E-state index < -0.39 is 11.7 Å². The van der Waals surface area contributed by atoms with Gasteiger partial charge in [0.15, 0.2) is 5.84 Å². The first-order valence-corrected chi connectivity index (χ1v) is 5.61. The Kier molecular flexibility index (Phi) is 3.90. The predicted molar refractivity (Wildman–Crippen MR) is 71.1 cm³/mol. The molecule has 1 aromatic heterocycles. The number of hydrogen-bond acceptors (Lipinski definition) is 4. The van der Waals surface area contributed by atoms with Crippen molar-refractivity contribution in [3.63, 3.8) is 0 Å². The Morgan fingerprint density at radius 2 is 2.15 bits per heavy atom. The number of nitrogens with two attached hydrogens (primary N) is 1. The van der Waals surface area contributed by atoms with Crippen LogP contribution in [0, 0.1) is 5.82 Å². The van der Waals surface area contributed by atoms with Crippen LogP contribution >= 0.6 is 0 Å². The summed E-state index contributed by atoms with van der Waals surface area (Å²) in [6.45, 7) is 0. The second kappa shape index (κ2) is 5.79. The Labute approximate surface area is 113 Å². The second-order valence-corrected chi connectivity index (χ2v) is 3.88. The maximum Gasteiger partial charge on any atom is 0.274 e. The van der Waals surface area contributed by atoms with Gasteiger partial charge in [0, 0.05) is 11.3 Å². The molecule has 0 radical (unpaired) electrons. The number of hydrogen-bond donors (Lipinski definition) is 3. The lowest BCUT2D eigenvalue weighted by Crippen LogP contribution is -2.16. The Hall–Kier alpha value is -2.96. The molecule has 0 bridgehead atoms. The number of nitrogens with zero attached hydrogens (tertiary/aromatic N) is 2. The van der Waals surface area contributed by atoms with Gasteiger partial charge < -0.3 is 16.3 Å². The fraction of sp³-hybridized carbons (Fsp3) is 0. The number of carbonyl (C=O) groups is 1. The summed E-state index contributed by atoms with van der Waals surface area (Å²) in [5.41, 5.74) is 6.44. The second-order valence-electron chi connectivity index (χ2n) is 3.88. The monoisotopic (exact) mass is 274 g/mol. The smallest absolute Gasteiger partial charge is 0.274 e. The number of oxime groups is 1. The number of carbonyl (C=O) groups excluding carboxylic acids is 1. The SMILES string of the molecule is N/C(=N/O)c1cccc(NC(=O)c2ccc(F)cn2)c1. The average molecular weight is 274 g/mol. The number of pyridine rings is 1. The summed E-state index contributed by atoms with van der Waals surface area (Å²) in [4.78, 5) is 15.5. The molecule has 6 nitrogen and oxygen atoms in total. The van der Waals surface area contributed by atoms with Gasteiger partial charge in [-0.05, 0) is 24.3 Å². The third-order valence-electron chi connectivity index (χ3n) is 2.48. The number of halogens is 1. The maximum absolute atomic E-state index is 12.7. The molecule has 0 aliphatic heterocycles. The fourth-order valence-electron chi connectivity index (χ4n) is 1.52. The molecule has 0 unspecified atom stereocenters. The molecule has 1 heterocycles. The number of amides is 1. The zero-order valence-electron chi connectivity index (χ0n) is 10.2. The van der Waals surface area contributed by atoms with Gasteiger partial charge in [-0.2, -0.15) is 0 Å². The average Bonchev–Trinajstić information content (AvgIpc) is 2.47. The van der Waals surface area contributed by atoms with Crippen molar-refractivity contribution in [2.45, 2.75) is 0 Å². The van der Waals surface area contributed by atoms with Crippen molar-refractivity contribution in [2.75, 3.05) is 5.32 Å². The van der Waals surface area contributed by atoms with Crippen LogP contribution in [-0.4, -0.2) is 21.9 Å². The van der Waals surface area contributed by atoms with E-state index in [1.54, 1.807) is 18.2 Å². The highest BCUT2D eigenvalue weighted by Gasteiger charge is 2.08. The molecule has 0 spiro atoms. The van der Waals surface area contributed by atoms with E-state index in [1.165, 1.54) is 12.1 Å². The predicted octanol–water partition coefficient (Wildman–Crippen LogP) is 1.57. The number of rotatable bonds is 3. The highest BCUT2D eigenvalue weighted by molar-refractivity contribution is 6.04. The van der Waals surface area contributed by atoms with Crippen LogP contribution in [0.15, 0.2) is 47.8 Å². The Morgan fingerprint density at radius 3 is 2.80 bits per heavy atom. The van der Waals surface area contributed by atoms with Crippen molar-refractivity contribution in [2.24, 2.45) is 10.9 Å². The van der Waals surface area contributed by atoms with Gasteiger partial charge in [0.25, 0.3) is 5.91 Å². The van der Waals surface area contributed by atoms with Crippen LogP contribution in [0.1, 0.15) is 16.1 Å². The van der Waals surface area contributed by atoms with Crippen molar-refractivity contribution in [3.05, 3.63) is 59.7 Å². The molecule has 0 fully saturated rings. The van der Waals surface area contributed by atoms with Gasteiger partial charge in [0.1, 0.15) is 11.5 Å². The molecule has 2 aromatic rings. The number of nitrogens with one attached hydrogen (secondary N) is 1. The molecule has 0 saturated carbocycles. The van der Waals surface area contributed by atoms with Crippen LogP contribution in [0.25, 0.3) is 0 Å². The van der Waals surface area contributed by atoms with Crippen LogP contribution in [-0.2, 0) is 0 Å². The van der Waals surface area contributed by atoms with E-state index in [0.29, 0.717) is 11.3 Å². The molecule has 102 valence electrons. The van der Waals surface area contributed by atoms with Crippen molar-refractivity contribution < 1.29 is 14.4 Å². The van der Waals surface area contributed by atoms with Gasteiger partial charge >= 0.3 is 0 Å². The van der Waals surface area contributed by atoms with Crippen LogP contribution in [0.2, 0.25) is 0 Å². The third kappa shape index (κ3) is 3.08. The topological polar surface area (TPSA) is 101 Å². The minimum absolute atomic E-state index is 0.0685. The molecule has 1 amide bonds. The van der Waals surface area contributed by atoms with E-state index in [1.807, 2.05) is 0 Å². The summed E-state index contributed by atoms with van der Waals surface area (Å²) in [6, 6.07) is 8.86. The summed E-state index contributed by atoms with van der Waals surface area (Å²) in [7, 11) is 0. The van der Waals surface area contributed by atoms with Gasteiger partial charge in [0.2, 0.25) is 0 Å². The van der Waals surface area contributed by atoms with Crippen LogP contribution < -0.4 is 11.1 Å². The molecule has 0 aliphatic rings. The normalized spacial score (nSPS) is 11.2. The van der Waals surface area contributed by atoms with E-state index in [-0.39, 0.29) is 11.5 Å². The summed E-state index contributed by atoms with van der Waals surface area (Å²) in [6.07, 6.45) is 0.960. The van der Waals surface area contributed by atoms with Gasteiger partial charge in [0.05, 0.1) is 6.20 Å². The van der Waals surface area contributed by atoms with E-state index in [2.05, 4.69) is 15.5 Å². The molecule has 7 heteroatoms. The molecule has 0 atom stereocenters. The van der Waals surface area contributed by atoms with Crippen molar-refractivity contribution in [3.8, 4) is 0 Å². The minimum atomic E-state index is -0.518. The Morgan fingerprint density at radius 1 is 1.35 bits per heavy atom. The fourth-order valence-corrected chi connectivity index (χ4v) is 1.52. The van der Waals surface area contributed by atoms with Crippen LogP contribution in [0.4, 0.5) is 10.1 Å². The van der Waals surface area contributed by atoms with Crippen molar-refractivity contribution in [1.29, 1.82) is 0 Å². The van der Waals surface area contributed by atoms with Crippen LogP contribution in [0.5, 0.6) is 0 Å².